The van der Waals surface area contributed by atoms with Crippen LogP contribution in [0.1, 0.15) is 10.4 Å². The van der Waals surface area contributed by atoms with Crippen LogP contribution in [0.2, 0.25) is 0 Å². The molecule has 0 unspecified atom stereocenters. The molecule has 0 bridgehead atoms. The summed E-state index contributed by atoms with van der Waals surface area (Å²) in [5.74, 6) is -0.160. The van der Waals surface area contributed by atoms with Gasteiger partial charge in [-0.1, -0.05) is 6.58 Å². The quantitative estimate of drug-likeness (QED) is 0.853. The van der Waals surface area contributed by atoms with E-state index in [1.807, 2.05) is 6.07 Å². The van der Waals surface area contributed by atoms with E-state index >= 15 is 0 Å². The lowest BCUT2D eigenvalue weighted by molar-refractivity contribution is 0.0963. The number of hydrogen-bond acceptors (Lipinski definition) is 3. The molecule has 0 aliphatic carbocycles. The Balaban J connectivity index is 3.15. The molecule has 0 aliphatic heterocycles. The Morgan fingerprint density at radius 3 is 2.87 bits per heavy atom. The molecule has 0 atom stereocenters. The van der Waals surface area contributed by atoms with Gasteiger partial charge in [0.1, 0.15) is 0 Å². The zero-order valence-electron chi connectivity index (χ0n) is 8.21. The Labute approximate surface area is 97.4 Å². The largest absolute Gasteiger partial charge is 0.362 e. The zero-order chi connectivity index (χ0) is 11.3. The maximum atomic E-state index is 11.5. The lowest BCUT2D eigenvalue weighted by Crippen LogP contribution is -2.19. The van der Waals surface area contributed by atoms with Gasteiger partial charge in [-0.25, -0.2) is 0 Å². The second-order valence-corrected chi connectivity index (χ2v) is 3.80. The van der Waals surface area contributed by atoms with E-state index in [2.05, 4.69) is 17.2 Å². The fourth-order valence-corrected chi connectivity index (χ4v) is 1.70. The van der Waals surface area contributed by atoms with Crippen LogP contribution in [0, 0.1) is 0 Å². The summed E-state index contributed by atoms with van der Waals surface area (Å²) in [6, 6.07) is 5.34. The second-order valence-electron chi connectivity index (χ2n) is 2.71. The molecule has 1 rings (SSSR count). The lowest BCUT2D eigenvalue weighted by Gasteiger charge is -2.08. The average molecular weight is 243 g/mol. The Morgan fingerprint density at radius 1 is 1.60 bits per heavy atom. The SMILES string of the molecule is C=CNc1ccc(SCl)cc1C(=O)NC. The summed E-state index contributed by atoms with van der Waals surface area (Å²) in [6.07, 6.45) is 1.52. The van der Waals surface area contributed by atoms with E-state index in [9.17, 15) is 4.79 Å². The minimum atomic E-state index is -0.160. The van der Waals surface area contributed by atoms with Crippen LogP contribution in [0.4, 0.5) is 5.69 Å². The summed E-state index contributed by atoms with van der Waals surface area (Å²) in [5.41, 5.74) is 1.25. The number of carbonyl (C=O) groups is 1. The van der Waals surface area contributed by atoms with Gasteiger partial charge in [-0.15, -0.1) is 0 Å². The van der Waals surface area contributed by atoms with Gasteiger partial charge in [-0.05, 0) is 46.1 Å². The summed E-state index contributed by atoms with van der Waals surface area (Å²) >= 11 is 0. The maximum absolute atomic E-state index is 11.5. The summed E-state index contributed by atoms with van der Waals surface area (Å²) in [7, 11) is 8.28. The molecule has 5 heteroatoms. The number of benzene rings is 1. The molecule has 1 aromatic carbocycles. The molecule has 15 heavy (non-hydrogen) atoms. The molecular formula is C10H11ClN2OS. The summed E-state index contributed by atoms with van der Waals surface area (Å²) in [4.78, 5) is 12.4. The Bertz CT molecular complexity index is 382. The standard InChI is InChI=1S/C10H11ClN2OS/c1-3-13-9-5-4-7(15-11)6-8(9)10(14)12-2/h3-6,13H,1H2,2H3,(H,12,14). The Hall–Kier alpha value is -1.13. The van der Waals surface area contributed by atoms with Crippen molar-refractivity contribution in [3.05, 3.63) is 36.5 Å². The Kier molecular flexibility index (Phi) is 4.52. The number of carbonyl (C=O) groups excluding carboxylic acids is 1. The van der Waals surface area contributed by atoms with Crippen molar-refractivity contribution in [1.82, 2.24) is 5.32 Å². The van der Waals surface area contributed by atoms with E-state index in [1.54, 1.807) is 19.2 Å². The highest BCUT2D eigenvalue weighted by atomic mass is 35.7. The first-order chi connectivity index (χ1) is 7.22. The van der Waals surface area contributed by atoms with Crippen LogP contribution < -0.4 is 10.6 Å². The van der Waals surface area contributed by atoms with Crippen molar-refractivity contribution >= 4 is 33.3 Å². The molecule has 3 nitrogen and oxygen atoms in total. The van der Waals surface area contributed by atoms with E-state index in [1.165, 1.54) is 6.20 Å². The summed E-state index contributed by atoms with van der Waals surface area (Å²) < 4.78 is 0. The van der Waals surface area contributed by atoms with E-state index < -0.39 is 0 Å². The highest BCUT2D eigenvalue weighted by Gasteiger charge is 2.10. The van der Waals surface area contributed by atoms with Crippen molar-refractivity contribution in [3.8, 4) is 0 Å². The average Bonchev–Trinajstić information content (AvgIpc) is 2.29. The molecule has 0 aromatic heterocycles. The predicted octanol–water partition coefficient (Wildman–Crippen LogP) is 2.85. The smallest absolute Gasteiger partial charge is 0.253 e. The molecule has 1 aromatic rings. The van der Waals surface area contributed by atoms with Crippen molar-refractivity contribution in [2.45, 2.75) is 4.90 Å². The molecule has 0 radical (unpaired) electrons. The number of anilines is 1. The molecule has 0 saturated heterocycles. The van der Waals surface area contributed by atoms with Gasteiger partial charge >= 0.3 is 0 Å². The van der Waals surface area contributed by atoms with Crippen molar-refractivity contribution in [1.29, 1.82) is 0 Å². The van der Waals surface area contributed by atoms with E-state index in [0.717, 1.165) is 15.9 Å². The van der Waals surface area contributed by atoms with Gasteiger partial charge < -0.3 is 10.6 Å². The highest BCUT2D eigenvalue weighted by molar-refractivity contribution is 8.21. The van der Waals surface area contributed by atoms with Crippen molar-refractivity contribution in [2.24, 2.45) is 0 Å². The topological polar surface area (TPSA) is 41.1 Å². The molecular weight excluding hydrogens is 232 g/mol. The molecule has 0 heterocycles. The first-order valence-electron chi connectivity index (χ1n) is 4.25. The fourth-order valence-electron chi connectivity index (χ4n) is 1.13. The number of hydrogen-bond donors (Lipinski definition) is 2. The van der Waals surface area contributed by atoms with Gasteiger partial charge in [-0.3, -0.25) is 4.79 Å². The van der Waals surface area contributed by atoms with E-state index in [0.29, 0.717) is 11.3 Å². The molecule has 0 fully saturated rings. The molecule has 80 valence electrons. The third-order valence-corrected chi connectivity index (χ3v) is 2.78. The van der Waals surface area contributed by atoms with Crippen LogP contribution >= 0.6 is 21.7 Å². The van der Waals surface area contributed by atoms with Crippen LogP contribution in [0.15, 0.2) is 35.9 Å². The molecule has 0 spiro atoms. The number of rotatable bonds is 4. The first kappa shape index (κ1) is 11.9. The molecule has 0 saturated carbocycles. The van der Waals surface area contributed by atoms with Crippen LogP contribution in [0.5, 0.6) is 0 Å². The molecule has 2 N–H and O–H groups in total. The lowest BCUT2D eigenvalue weighted by atomic mass is 10.1. The maximum Gasteiger partial charge on any atom is 0.253 e. The summed E-state index contributed by atoms with van der Waals surface area (Å²) in [6.45, 7) is 3.55. The van der Waals surface area contributed by atoms with Crippen LogP contribution in [0.3, 0.4) is 0 Å². The molecule has 0 aliphatic rings. The summed E-state index contributed by atoms with van der Waals surface area (Å²) in [5, 5.41) is 5.46. The highest BCUT2D eigenvalue weighted by Crippen LogP contribution is 2.26. The minimum Gasteiger partial charge on any atom is -0.362 e. The van der Waals surface area contributed by atoms with E-state index in [-0.39, 0.29) is 5.91 Å². The first-order valence-corrected chi connectivity index (χ1v) is 5.89. The minimum absolute atomic E-state index is 0.160. The fraction of sp³-hybridized carbons (Fsp3) is 0.100. The number of halogens is 1. The van der Waals surface area contributed by atoms with Gasteiger partial charge in [0.15, 0.2) is 0 Å². The predicted molar refractivity (Wildman–Crippen MR) is 65.4 cm³/mol. The van der Waals surface area contributed by atoms with Gasteiger partial charge in [0.05, 0.1) is 11.3 Å². The van der Waals surface area contributed by atoms with Gasteiger partial charge in [0.25, 0.3) is 5.91 Å². The Morgan fingerprint density at radius 2 is 2.33 bits per heavy atom. The van der Waals surface area contributed by atoms with Gasteiger partial charge in [-0.2, -0.15) is 0 Å². The normalized spacial score (nSPS) is 9.47. The second kappa shape index (κ2) is 5.68. The zero-order valence-corrected chi connectivity index (χ0v) is 9.78. The number of nitrogens with one attached hydrogen (secondary N) is 2. The van der Waals surface area contributed by atoms with Crippen LogP contribution in [-0.4, -0.2) is 13.0 Å². The van der Waals surface area contributed by atoms with Crippen LogP contribution in [0.25, 0.3) is 0 Å². The van der Waals surface area contributed by atoms with Crippen molar-refractivity contribution in [3.63, 3.8) is 0 Å². The third kappa shape index (κ3) is 2.91. The van der Waals surface area contributed by atoms with Crippen LogP contribution in [-0.2, 0) is 0 Å². The van der Waals surface area contributed by atoms with E-state index in [4.69, 9.17) is 10.7 Å². The number of amides is 1. The molecule has 1 amide bonds. The van der Waals surface area contributed by atoms with Crippen molar-refractivity contribution in [2.75, 3.05) is 12.4 Å². The third-order valence-electron chi connectivity index (χ3n) is 1.81. The monoisotopic (exact) mass is 242 g/mol. The van der Waals surface area contributed by atoms with Gasteiger partial charge in [0.2, 0.25) is 0 Å². The van der Waals surface area contributed by atoms with Crippen molar-refractivity contribution < 1.29 is 4.79 Å². The van der Waals surface area contributed by atoms with Gasteiger partial charge in [0, 0.05) is 11.9 Å².